The van der Waals surface area contributed by atoms with E-state index in [1.165, 1.54) is 11.1 Å². The average Bonchev–Trinajstić information content (AvgIpc) is 3.16. The summed E-state index contributed by atoms with van der Waals surface area (Å²) in [6.07, 6.45) is 3.43. The lowest BCUT2D eigenvalue weighted by atomic mass is 9.87. The maximum atomic E-state index is 12.5. The van der Waals surface area contributed by atoms with Crippen molar-refractivity contribution < 1.29 is 14.0 Å². The van der Waals surface area contributed by atoms with E-state index in [9.17, 15) is 9.59 Å². The summed E-state index contributed by atoms with van der Waals surface area (Å²) in [7, 11) is 0. The minimum absolute atomic E-state index is 0.00363. The van der Waals surface area contributed by atoms with Gasteiger partial charge in [-0.15, -0.1) is 0 Å². The molecule has 1 aromatic heterocycles. The van der Waals surface area contributed by atoms with Crippen molar-refractivity contribution in [3.05, 3.63) is 87.8 Å². The number of furan rings is 1. The number of carbonyl (C=O) groups excluding carboxylic acids is 2. The van der Waals surface area contributed by atoms with Crippen LogP contribution < -0.4 is 10.6 Å². The van der Waals surface area contributed by atoms with E-state index in [0.29, 0.717) is 16.8 Å². The van der Waals surface area contributed by atoms with Crippen molar-refractivity contribution in [2.75, 3.05) is 5.32 Å². The van der Waals surface area contributed by atoms with Crippen molar-refractivity contribution in [2.45, 2.75) is 31.7 Å². The van der Waals surface area contributed by atoms with Gasteiger partial charge < -0.3 is 15.1 Å². The minimum Gasteiger partial charge on any atom is -0.444 e. The molecule has 0 radical (unpaired) electrons. The van der Waals surface area contributed by atoms with Gasteiger partial charge in [0, 0.05) is 5.69 Å². The predicted molar refractivity (Wildman–Crippen MR) is 115 cm³/mol. The van der Waals surface area contributed by atoms with Crippen LogP contribution in [0.4, 0.5) is 5.69 Å². The molecule has 1 atom stereocenters. The monoisotopic (exact) mass is 452 g/mol. The molecule has 2 aromatic carbocycles. The van der Waals surface area contributed by atoms with Gasteiger partial charge in [0.15, 0.2) is 10.4 Å². The van der Waals surface area contributed by atoms with Crippen molar-refractivity contribution in [1.82, 2.24) is 5.32 Å². The Balaban J connectivity index is 1.34. The van der Waals surface area contributed by atoms with Gasteiger partial charge in [-0.3, -0.25) is 9.59 Å². The molecule has 1 aliphatic carbocycles. The van der Waals surface area contributed by atoms with E-state index in [0.717, 1.165) is 24.8 Å². The third-order valence-corrected chi connectivity index (χ3v) is 5.50. The van der Waals surface area contributed by atoms with Crippen LogP contribution in [0.3, 0.4) is 0 Å². The van der Waals surface area contributed by atoms with Crippen molar-refractivity contribution in [2.24, 2.45) is 0 Å². The normalized spacial score (nSPS) is 15.4. The van der Waals surface area contributed by atoms with Crippen LogP contribution in [0.15, 0.2) is 69.8 Å². The maximum absolute atomic E-state index is 12.5. The quantitative estimate of drug-likeness (QED) is 0.569. The molecule has 0 saturated carbocycles. The van der Waals surface area contributed by atoms with Gasteiger partial charge in [0.25, 0.3) is 5.91 Å². The SMILES string of the molecule is O=C(Cc1ccc(NC(=O)c2ccc(Br)o2)cc1)NC1CCCc2ccccc21. The van der Waals surface area contributed by atoms with Gasteiger partial charge in [-0.25, -0.2) is 0 Å². The van der Waals surface area contributed by atoms with Crippen molar-refractivity contribution in [3.63, 3.8) is 0 Å². The molecule has 29 heavy (non-hydrogen) atoms. The summed E-state index contributed by atoms with van der Waals surface area (Å²) in [5.74, 6) is -0.0887. The lowest BCUT2D eigenvalue weighted by molar-refractivity contribution is -0.121. The van der Waals surface area contributed by atoms with Crippen molar-refractivity contribution >= 4 is 33.4 Å². The zero-order chi connectivity index (χ0) is 20.2. The number of rotatable bonds is 5. The number of benzene rings is 2. The van der Waals surface area contributed by atoms with E-state index < -0.39 is 0 Å². The second kappa shape index (κ2) is 8.66. The van der Waals surface area contributed by atoms with Gasteiger partial charge in [-0.05, 0) is 76.1 Å². The lowest BCUT2D eigenvalue weighted by Gasteiger charge is -2.26. The van der Waals surface area contributed by atoms with E-state index in [1.807, 2.05) is 24.3 Å². The van der Waals surface area contributed by atoms with Crippen LogP contribution in [0.2, 0.25) is 0 Å². The van der Waals surface area contributed by atoms with Gasteiger partial charge in [0.1, 0.15) is 0 Å². The van der Waals surface area contributed by atoms with Crippen LogP contribution in [0.25, 0.3) is 0 Å². The molecule has 0 saturated heterocycles. The van der Waals surface area contributed by atoms with E-state index in [-0.39, 0.29) is 23.6 Å². The summed E-state index contributed by atoms with van der Waals surface area (Å²) >= 11 is 3.18. The fourth-order valence-corrected chi connectivity index (χ4v) is 3.98. The Morgan fingerprint density at radius 1 is 1.03 bits per heavy atom. The Bertz CT molecular complexity index is 1030. The second-order valence-corrected chi connectivity index (χ2v) is 7.92. The first kappa shape index (κ1) is 19.5. The van der Waals surface area contributed by atoms with Gasteiger partial charge in [-0.2, -0.15) is 0 Å². The summed E-state index contributed by atoms with van der Waals surface area (Å²) in [6, 6.07) is 18.9. The molecule has 4 rings (SSSR count). The van der Waals surface area contributed by atoms with Crippen LogP contribution in [0.5, 0.6) is 0 Å². The molecule has 1 aliphatic rings. The van der Waals surface area contributed by atoms with Gasteiger partial charge in [-0.1, -0.05) is 36.4 Å². The number of hydrogen-bond acceptors (Lipinski definition) is 3. The highest BCUT2D eigenvalue weighted by Gasteiger charge is 2.21. The molecule has 2 amide bonds. The average molecular weight is 453 g/mol. The molecule has 1 unspecified atom stereocenters. The number of hydrogen-bond donors (Lipinski definition) is 2. The Labute approximate surface area is 177 Å². The summed E-state index contributed by atoms with van der Waals surface area (Å²) in [5, 5.41) is 5.94. The number of fused-ring (bicyclic) bond motifs is 1. The van der Waals surface area contributed by atoms with Gasteiger partial charge in [0.2, 0.25) is 5.91 Å². The van der Waals surface area contributed by atoms with Gasteiger partial charge in [0.05, 0.1) is 12.5 Å². The highest BCUT2D eigenvalue weighted by molar-refractivity contribution is 9.10. The third kappa shape index (κ3) is 4.77. The van der Waals surface area contributed by atoms with Crippen LogP contribution in [0, 0.1) is 0 Å². The number of amides is 2. The largest absolute Gasteiger partial charge is 0.444 e. The number of halogens is 1. The number of aryl methyl sites for hydroxylation is 1. The molecule has 0 aliphatic heterocycles. The number of carbonyl (C=O) groups is 2. The van der Waals surface area contributed by atoms with E-state index in [4.69, 9.17) is 4.42 Å². The molecule has 0 bridgehead atoms. The fourth-order valence-electron chi connectivity index (χ4n) is 3.67. The highest BCUT2D eigenvalue weighted by atomic mass is 79.9. The Hall–Kier alpha value is -2.86. The second-order valence-electron chi connectivity index (χ2n) is 7.14. The van der Waals surface area contributed by atoms with Crippen LogP contribution in [0.1, 0.15) is 46.1 Å². The zero-order valence-electron chi connectivity index (χ0n) is 15.8. The fraction of sp³-hybridized carbons (Fsp3) is 0.217. The Kier molecular flexibility index (Phi) is 5.81. The molecular formula is C23H21BrN2O3. The predicted octanol–water partition coefficient (Wildman–Crippen LogP) is 5.03. The molecule has 3 aromatic rings. The Morgan fingerprint density at radius 2 is 1.83 bits per heavy atom. The van der Waals surface area contributed by atoms with Crippen LogP contribution in [-0.4, -0.2) is 11.8 Å². The minimum atomic E-state index is -0.322. The summed E-state index contributed by atoms with van der Waals surface area (Å²) in [5.41, 5.74) is 4.10. The smallest absolute Gasteiger partial charge is 0.291 e. The topological polar surface area (TPSA) is 71.3 Å². The molecule has 2 N–H and O–H groups in total. The molecule has 0 fully saturated rings. The molecule has 1 heterocycles. The standard InChI is InChI=1S/C23H21BrN2O3/c24-21-13-12-20(29-21)23(28)25-17-10-8-15(9-11-17)14-22(27)26-19-7-3-5-16-4-1-2-6-18(16)19/h1-2,4,6,8-13,19H,3,5,7,14H2,(H,25,28)(H,26,27). The van der Waals surface area contributed by atoms with Crippen molar-refractivity contribution in [3.8, 4) is 0 Å². The molecule has 148 valence electrons. The van der Waals surface area contributed by atoms with Crippen molar-refractivity contribution in [1.29, 1.82) is 0 Å². The van der Waals surface area contributed by atoms with E-state index >= 15 is 0 Å². The first-order valence-corrected chi connectivity index (χ1v) is 10.4. The first-order chi connectivity index (χ1) is 14.1. The third-order valence-electron chi connectivity index (χ3n) is 5.08. The van der Waals surface area contributed by atoms with Crippen LogP contribution in [-0.2, 0) is 17.6 Å². The summed E-state index contributed by atoms with van der Waals surface area (Å²) in [6.45, 7) is 0. The summed E-state index contributed by atoms with van der Waals surface area (Å²) < 4.78 is 5.75. The number of nitrogens with one attached hydrogen (secondary N) is 2. The lowest BCUT2D eigenvalue weighted by Crippen LogP contribution is -2.32. The first-order valence-electron chi connectivity index (χ1n) is 9.61. The molecule has 6 heteroatoms. The number of anilines is 1. The highest BCUT2D eigenvalue weighted by Crippen LogP contribution is 2.29. The summed E-state index contributed by atoms with van der Waals surface area (Å²) in [4.78, 5) is 24.7. The van der Waals surface area contributed by atoms with Gasteiger partial charge >= 0.3 is 0 Å². The maximum Gasteiger partial charge on any atom is 0.291 e. The van der Waals surface area contributed by atoms with Crippen LogP contribution >= 0.6 is 15.9 Å². The van der Waals surface area contributed by atoms with E-state index in [2.05, 4.69) is 38.7 Å². The van der Waals surface area contributed by atoms with E-state index in [1.54, 1.807) is 24.3 Å². The molecule has 5 nitrogen and oxygen atoms in total. The zero-order valence-corrected chi connectivity index (χ0v) is 17.4. The molecule has 0 spiro atoms. The Morgan fingerprint density at radius 3 is 2.59 bits per heavy atom. The molecular weight excluding hydrogens is 432 g/mol.